The molecule has 2 nitrogen and oxygen atoms in total. The molecule has 0 radical (unpaired) electrons. The van der Waals surface area contributed by atoms with E-state index in [1.54, 1.807) is 0 Å². The second-order valence-corrected chi connectivity index (χ2v) is 8.19. The van der Waals surface area contributed by atoms with Crippen molar-refractivity contribution in [3.05, 3.63) is 35.4 Å². The van der Waals surface area contributed by atoms with Crippen molar-refractivity contribution >= 4 is 5.91 Å². The van der Waals surface area contributed by atoms with Gasteiger partial charge in [0.05, 0.1) is 6.04 Å². The first-order valence-corrected chi connectivity index (χ1v) is 9.83. The molecule has 2 heteroatoms. The number of amides is 1. The van der Waals surface area contributed by atoms with E-state index in [1.807, 2.05) is 0 Å². The minimum Gasteiger partial charge on any atom is -0.349 e. The maximum Gasteiger partial charge on any atom is 0.223 e. The highest BCUT2D eigenvalue weighted by atomic mass is 16.1. The fourth-order valence-electron chi connectivity index (χ4n) is 4.06. The molecule has 1 aromatic carbocycles. The molecule has 1 aliphatic rings. The van der Waals surface area contributed by atoms with Crippen molar-refractivity contribution in [1.82, 2.24) is 5.32 Å². The molecule has 0 heterocycles. The summed E-state index contributed by atoms with van der Waals surface area (Å²) in [5.41, 5.74) is 2.53. The molecule has 0 aromatic heterocycles. The summed E-state index contributed by atoms with van der Waals surface area (Å²) in [6.45, 7) is 8.69. The fraction of sp³-hybridized carbons (Fsp3) is 0.682. The van der Waals surface area contributed by atoms with E-state index in [0.29, 0.717) is 5.92 Å². The Hall–Kier alpha value is -1.31. The van der Waals surface area contributed by atoms with Crippen LogP contribution in [0.15, 0.2) is 24.3 Å². The van der Waals surface area contributed by atoms with E-state index in [1.165, 1.54) is 43.2 Å². The zero-order valence-electron chi connectivity index (χ0n) is 16.0. The highest BCUT2D eigenvalue weighted by Crippen LogP contribution is 2.30. The van der Waals surface area contributed by atoms with E-state index in [4.69, 9.17) is 0 Å². The Morgan fingerprint density at radius 1 is 1.12 bits per heavy atom. The van der Waals surface area contributed by atoms with Gasteiger partial charge >= 0.3 is 0 Å². The highest BCUT2D eigenvalue weighted by molar-refractivity contribution is 5.78. The number of hydrogen-bond donors (Lipinski definition) is 1. The van der Waals surface area contributed by atoms with Gasteiger partial charge in [0.2, 0.25) is 5.91 Å². The van der Waals surface area contributed by atoms with Crippen LogP contribution in [0.25, 0.3) is 0 Å². The Balaban J connectivity index is 1.99. The van der Waals surface area contributed by atoms with Crippen LogP contribution in [-0.4, -0.2) is 5.91 Å². The summed E-state index contributed by atoms with van der Waals surface area (Å²) in [6, 6.07) is 8.58. The first-order valence-electron chi connectivity index (χ1n) is 9.83. The zero-order chi connectivity index (χ0) is 17.5. The fourth-order valence-corrected chi connectivity index (χ4v) is 4.06. The average molecular weight is 330 g/mol. The summed E-state index contributed by atoms with van der Waals surface area (Å²) in [5, 5.41) is 3.36. The average Bonchev–Trinajstić information content (AvgIpc) is 2.55. The summed E-state index contributed by atoms with van der Waals surface area (Å²) >= 11 is 0. The Bertz CT molecular complexity index is 516. The molecule has 1 N–H and O–H groups in total. The molecule has 2 unspecified atom stereocenters. The summed E-state index contributed by atoms with van der Waals surface area (Å²) < 4.78 is 0. The van der Waals surface area contributed by atoms with E-state index in [2.05, 4.69) is 57.3 Å². The van der Waals surface area contributed by atoms with E-state index in [0.717, 1.165) is 18.8 Å². The lowest BCUT2D eigenvalue weighted by atomic mass is 9.83. The van der Waals surface area contributed by atoms with E-state index in [-0.39, 0.29) is 17.9 Å². The monoisotopic (exact) mass is 329 g/mol. The number of aryl methyl sites for hydroxylation is 1. The van der Waals surface area contributed by atoms with Gasteiger partial charge in [0.1, 0.15) is 0 Å². The van der Waals surface area contributed by atoms with E-state index < -0.39 is 0 Å². The lowest BCUT2D eigenvalue weighted by Gasteiger charge is -2.27. The Morgan fingerprint density at radius 2 is 1.79 bits per heavy atom. The van der Waals surface area contributed by atoms with Crippen LogP contribution in [0, 0.1) is 24.7 Å². The van der Waals surface area contributed by atoms with Gasteiger partial charge in [-0.05, 0) is 42.7 Å². The lowest BCUT2D eigenvalue weighted by Crippen LogP contribution is -2.35. The minimum absolute atomic E-state index is 0.117. The van der Waals surface area contributed by atoms with E-state index in [9.17, 15) is 4.79 Å². The van der Waals surface area contributed by atoms with Crippen molar-refractivity contribution in [3.63, 3.8) is 0 Å². The van der Waals surface area contributed by atoms with Gasteiger partial charge in [0.25, 0.3) is 0 Å². The van der Waals surface area contributed by atoms with Gasteiger partial charge in [-0.25, -0.2) is 0 Å². The van der Waals surface area contributed by atoms with Crippen LogP contribution >= 0.6 is 0 Å². The standard InChI is InChI=1S/C22H35NO/c1-16(2)14-21(20-13-9-8-10-17(20)3)23-22(24)18(4)15-19-11-6-5-7-12-19/h8-10,13,16,18-19,21H,5-7,11-12,14-15H2,1-4H3,(H,23,24). The van der Waals surface area contributed by atoms with Crippen molar-refractivity contribution < 1.29 is 4.79 Å². The van der Waals surface area contributed by atoms with Crippen molar-refractivity contribution in [2.75, 3.05) is 0 Å². The topological polar surface area (TPSA) is 29.1 Å². The number of hydrogen-bond acceptors (Lipinski definition) is 1. The molecule has 1 aromatic rings. The third-order valence-electron chi connectivity index (χ3n) is 5.45. The van der Waals surface area contributed by atoms with Crippen LogP contribution in [0.1, 0.15) is 82.9 Å². The lowest BCUT2D eigenvalue weighted by molar-refractivity contribution is -0.126. The summed E-state index contributed by atoms with van der Waals surface area (Å²) in [4.78, 5) is 12.8. The number of carbonyl (C=O) groups excluding carboxylic acids is 1. The summed E-state index contributed by atoms with van der Waals surface area (Å²) in [6.07, 6.45) is 8.73. The molecular weight excluding hydrogens is 294 g/mol. The van der Waals surface area contributed by atoms with Gasteiger partial charge in [-0.2, -0.15) is 0 Å². The summed E-state index contributed by atoms with van der Waals surface area (Å²) in [7, 11) is 0. The molecule has 1 saturated carbocycles. The molecule has 134 valence electrons. The number of benzene rings is 1. The molecule has 0 aliphatic heterocycles. The van der Waals surface area contributed by atoms with Gasteiger partial charge in [-0.3, -0.25) is 4.79 Å². The molecule has 0 spiro atoms. The van der Waals surface area contributed by atoms with Crippen LogP contribution in [-0.2, 0) is 4.79 Å². The van der Waals surface area contributed by atoms with Crippen molar-refractivity contribution in [3.8, 4) is 0 Å². The molecule has 2 rings (SSSR count). The van der Waals surface area contributed by atoms with Gasteiger partial charge in [0, 0.05) is 5.92 Å². The van der Waals surface area contributed by atoms with E-state index >= 15 is 0 Å². The van der Waals surface area contributed by atoms with Gasteiger partial charge in [-0.15, -0.1) is 0 Å². The maximum atomic E-state index is 12.8. The molecule has 2 atom stereocenters. The zero-order valence-corrected chi connectivity index (χ0v) is 16.0. The van der Waals surface area contributed by atoms with Crippen LogP contribution in [0.2, 0.25) is 0 Å². The van der Waals surface area contributed by atoms with Crippen LogP contribution in [0.3, 0.4) is 0 Å². The Kier molecular flexibility index (Phi) is 7.33. The number of rotatable bonds is 7. The third kappa shape index (κ3) is 5.65. The minimum atomic E-state index is 0.117. The van der Waals surface area contributed by atoms with Crippen LogP contribution < -0.4 is 5.32 Å². The third-order valence-corrected chi connectivity index (χ3v) is 5.45. The molecule has 0 saturated heterocycles. The Labute approximate surface area is 148 Å². The number of nitrogens with one attached hydrogen (secondary N) is 1. The first-order chi connectivity index (χ1) is 11.5. The molecule has 1 amide bonds. The predicted molar refractivity (Wildman–Crippen MR) is 102 cm³/mol. The van der Waals surface area contributed by atoms with Gasteiger partial charge in [0.15, 0.2) is 0 Å². The molecule has 1 fully saturated rings. The van der Waals surface area contributed by atoms with Crippen molar-refractivity contribution in [1.29, 1.82) is 0 Å². The quantitative estimate of drug-likeness (QED) is 0.672. The van der Waals surface area contributed by atoms with Gasteiger partial charge in [-0.1, -0.05) is 77.1 Å². The maximum absolute atomic E-state index is 12.8. The van der Waals surface area contributed by atoms with Gasteiger partial charge < -0.3 is 5.32 Å². The SMILES string of the molecule is Cc1ccccc1C(CC(C)C)NC(=O)C(C)CC1CCCCC1. The second-order valence-electron chi connectivity index (χ2n) is 8.19. The molecular formula is C22H35NO. The van der Waals surface area contributed by atoms with Crippen molar-refractivity contribution in [2.24, 2.45) is 17.8 Å². The Morgan fingerprint density at radius 3 is 2.42 bits per heavy atom. The predicted octanol–water partition coefficient (Wildman–Crippen LogP) is 5.80. The number of carbonyl (C=O) groups is 1. The largest absolute Gasteiger partial charge is 0.349 e. The van der Waals surface area contributed by atoms with Crippen molar-refractivity contribution in [2.45, 2.75) is 78.7 Å². The highest BCUT2D eigenvalue weighted by Gasteiger charge is 2.24. The summed E-state index contributed by atoms with van der Waals surface area (Å²) in [5.74, 6) is 1.66. The van der Waals surface area contributed by atoms with Crippen LogP contribution in [0.5, 0.6) is 0 Å². The molecule has 0 bridgehead atoms. The first kappa shape index (κ1) is 19.0. The molecule has 1 aliphatic carbocycles. The second kappa shape index (κ2) is 9.25. The molecule has 24 heavy (non-hydrogen) atoms. The van der Waals surface area contributed by atoms with Crippen LogP contribution in [0.4, 0.5) is 0 Å². The smallest absolute Gasteiger partial charge is 0.223 e. The normalized spacial score (nSPS) is 18.4.